The van der Waals surface area contributed by atoms with Gasteiger partial charge in [0.1, 0.15) is 0 Å². The topological polar surface area (TPSA) is 50.3 Å². The highest BCUT2D eigenvalue weighted by atomic mass is 16.5. The first-order chi connectivity index (χ1) is 14.5. The Morgan fingerprint density at radius 1 is 1.00 bits per heavy atom. The fourth-order valence-corrected chi connectivity index (χ4v) is 3.21. The summed E-state index contributed by atoms with van der Waals surface area (Å²) in [5.74, 6) is 1.42. The Morgan fingerprint density at radius 3 is 2.53 bits per heavy atom. The van der Waals surface area contributed by atoms with Gasteiger partial charge in [-0.2, -0.15) is 0 Å². The molecule has 0 spiro atoms. The average Bonchev–Trinajstić information content (AvgIpc) is 2.77. The van der Waals surface area contributed by atoms with Crippen LogP contribution in [0.15, 0.2) is 54.9 Å². The lowest BCUT2D eigenvalue weighted by atomic mass is 10.1. The number of hydrogen-bond acceptors (Lipinski definition) is 5. The number of nitrogens with zero attached hydrogens (tertiary/aromatic N) is 3. The van der Waals surface area contributed by atoms with E-state index in [9.17, 15) is 0 Å². The summed E-state index contributed by atoms with van der Waals surface area (Å²) in [6.45, 7) is 6.74. The Labute approximate surface area is 180 Å². The van der Waals surface area contributed by atoms with Gasteiger partial charge in [0.15, 0.2) is 11.6 Å². The summed E-state index contributed by atoms with van der Waals surface area (Å²) in [4.78, 5) is 11.1. The van der Waals surface area contributed by atoms with Crippen LogP contribution < -0.4 is 10.1 Å². The van der Waals surface area contributed by atoms with Crippen LogP contribution in [0.1, 0.15) is 30.0 Å². The Hall–Kier alpha value is -2.92. The molecule has 2 aromatic carbocycles. The Morgan fingerprint density at radius 2 is 1.80 bits per heavy atom. The van der Waals surface area contributed by atoms with E-state index in [0.717, 1.165) is 31.5 Å². The van der Waals surface area contributed by atoms with Crippen molar-refractivity contribution in [3.8, 4) is 17.1 Å². The van der Waals surface area contributed by atoms with Crippen molar-refractivity contribution in [3.63, 3.8) is 0 Å². The maximum absolute atomic E-state index is 5.73. The molecule has 5 nitrogen and oxygen atoms in total. The average molecular weight is 405 g/mol. The number of anilines is 1. The summed E-state index contributed by atoms with van der Waals surface area (Å²) >= 11 is 0. The van der Waals surface area contributed by atoms with Gasteiger partial charge in [0, 0.05) is 24.3 Å². The zero-order chi connectivity index (χ0) is 21.3. The molecule has 0 atom stereocenters. The lowest BCUT2D eigenvalue weighted by Gasteiger charge is -2.12. The number of hydrogen-bond donors (Lipinski definition) is 1. The van der Waals surface area contributed by atoms with Crippen LogP contribution in [0.25, 0.3) is 11.4 Å². The molecule has 3 aromatic rings. The molecule has 0 radical (unpaired) electrons. The fraction of sp³-hybridized carbons (Fsp3) is 0.360. The van der Waals surface area contributed by atoms with Crippen LogP contribution in [0.4, 0.5) is 5.69 Å². The third kappa shape index (κ3) is 6.29. The van der Waals surface area contributed by atoms with Crippen molar-refractivity contribution in [3.05, 3.63) is 71.5 Å². The normalized spacial score (nSPS) is 11.0. The van der Waals surface area contributed by atoms with Crippen molar-refractivity contribution < 1.29 is 4.74 Å². The van der Waals surface area contributed by atoms with Gasteiger partial charge in [-0.25, -0.2) is 9.97 Å². The van der Waals surface area contributed by atoms with Gasteiger partial charge in [0.25, 0.3) is 0 Å². The standard InChI is InChI=1S/C25H32N4O/c1-5-20-11-10-19(2)24(15-20)26-16-21-8-6-9-22(14-21)25-27-17-23(18-28-25)30-13-7-12-29(3)4/h6,8-11,14-15,17-18,26H,5,7,12-13,16H2,1-4H3. The van der Waals surface area contributed by atoms with Crippen LogP contribution >= 0.6 is 0 Å². The molecule has 0 aliphatic carbocycles. The molecule has 0 amide bonds. The molecular weight excluding hydrogens is 372 g/mol. The molecule has 0 saturated carbocycles. The second-order valence-electron chi connectivity index (χ2n) is 7.80. The van der Waals surface area contributed by atoms with E-state index in [4.69, 9.17) is 4.74 Å². The number of benzene rings is 2. The molecule has 0 bridgehead atoms. The SMILES string of the molecule is CCc1ccc(C)c(NCc2cccc(-c3ncc(OCCCN(C)C)cn3)c2)c1. The van der Waals surface area contributed by atoms with E-state index in [1.54, 1.807) is 12.4 Å². The number of ether oxygens (including phenoxy) is 1. The number of nitrogens with one attached hydrogen (secondary N) is 1. The maximum Gasteiger partial charge on any atom is 0.159 e. The molecule has 30 heavy (non-hydrogen) atoms. The Balaban J connectivity index is 1.61. The molecule has 0 aliphatic heterocycles. The second-order valence-corrected chi connectivity index (χ2v) is 7.80. The van der Waals surface area contributed by atoms with E-state index < -0.39 is 0 Å². The van der Waals surface area contributed by atoms with Crippen molar-refractivity contribution in [2.24, 2.45) is 0 Å². The molecule has 1 N–H and O–H groups in total. The maximum atomic E-state index is 5.73. The van der Waals surface area contributed by atoms with E-state index in [1.807, 2.05) is 6.07 Å². The van der Waals surface area contributed by atoms with Gasteiger partial charge in [-0.3, -0.25) is 0 Å². The van der Waals surface area contributed by atoms with E-state index in [-0.39, 0.29) is 0 Å². The molecule has 0 aliphatic rings. The zero-order valence-electron chi connectivity index (χ0n) is 18.5. The van der Waals surface area contributed by atoms with Crippen molar-refractivity contribution in [1.82, 2.24) is 14.9 Å². The van der Waals surface area contributed by atoms with Gasteiger partial charge < -0.3 is 15.0 Å². The molecule has 0 saturated heterocycles. The van der Waals surface area contributed by atoms with Crippen LogP contribution in [0.2, 0.25) is 0 Å². The molecule has 3 rings (SSSR count). The highest BCUT2D eigenvalue weighted by Crippen LogP contribution is 2.21. The van der Waals surface area contributed by atoms with Crippen molar-refractivity contribution >= 4 is 5.69 Å². The minimum Gasteiger partial charge on any atom is -0.490 e. The first-order valence-electron chi connectivity index (χ1n) is 10.6. The molecule has 0 fully saturated rings. The molecule has 1 aromatic heterocycles. The smallest absolute Gasteiger partial charge is 0.159 e. The summed E-state index contributed by atoms with van der Waals surface area (Å²) in [6, 6.07) is 15.0. The van der Waals surface area contributed by atoms with E-state index in [2.05, 4.69) is 84.5 Å². The number of aromatic nitrogens is 2. The Bertz CT molecular complexity index is 938. The van der Waals surface area contributed by atoms with Crippen molar-refractivity contribution in [1.29, 1.82) is 0 Å². The highest BCUT2D eigenvalue weighted by molar-refractivity contribution is 5.57. The third-order valence-electron chi connectivity index (χ3n) is 5.02. The molecular formula is C25H32N4O. The summed E-state index contributed by atoms with van der Waals surface area (Å²) in [7, 11) is 4.12. The summed E-state index contributed by atoms with van der Waals surface area (Å²) in [5, 5.41) is 3.56. The van der Waals surface area contributed by atoms with Crippen LogP contribution in [0, 0.1) is 6.92 Å². The monoisotopic (exact) mass is 404 g/mol. The quantitative estimate of drug-likeness (QED) is 0.484. The molecule has 1 heterocycles. The third-order valence-corrected chi connectivity index (χ3v) is 5.02. The van der Waals surface area contributed by atoms with Crippen LogP contribution in [0.5, 0.6) is 5.75 Å². The molecule has 5 heteroatoms. The number of rotatable bonds is 10. The zero-order valence-corrected chi connectivity index (χ0v) is 18.5. The van der Waals surface area contributed by atoms with Gasteiger partial charge in [0.05, 0.1) is 19.0 Å². The number of aryl methyl sites for hydroxylation is 2. The molecule has 0 unspecified atom stereocenters. The van der Waals surface area contributed by atoms with Gasteiger partial charge in [-0.1, -0.05) is 37.3 Å². The van der Waals surface area contributed by atoms with E-state index in [1.165, 1.54) is 22.4 Å². The molecule has 158 valence electrons. The Kier molecular flexibility index (Phi) is 7.80. The predicted octanol–water partition coefficient (Wildman–Crippen LogP) is 4.96. The lowest BCUT2D eigenvalue weighted by Crippen LogP contribution is -2.15. The predicted molar refractivity (Wildman–Crippen MR) is 124 cm³/mol. The van der Waals surface area contributed by atoms with Gasteiger partial charge in [-0.15, -0.1) is 0 Å². The van der Waals surface area contributed by atoms with E-state index >= 15 is 0 Å². The largest absolute Gasteiger partial charge is 0.490 e. The highest BCUT2D eigenvalue weighted by Gasteiger charge is 2.05. The van der Waals surface area contributed by atoms with Crippen molar-refractivity contribution in [2.45, 2.75) is 33.2 Å². The summed E-state index contributed by atoms with van der Waals surface area (Å²) in [5.41, 5.74) is 5.99. The van der Waals surface area contributed by atoms with Crippen LogP contribution in [-0.4, -0.2) is 42.1 Å². The minimum absolute atomic E-state index is 0.667. The first kappa shape index (κ1) is 21.8. The second kappa shape index (κ2) is 10.7. The van der Waals surface area contributed by atoms with Gasteiger partial charge in [-0.05, 0) is 62.7 Å². The minimum atomic E-state index is 0.667. The van der Waals surface area contributed by atoms with Gasteiger partial charge >= 0.3 is 0 Å². The van der Waals surface area contributed by atoms with Crippen LogP contribution in [-0.2, 0) is 13.0 Å². The van der Waals surface area contributed by atoms with Crippen LogP contribution in [0.3, 0.4) is 0 Å². The van der Waals surface area contributed by atoms with E-state index in [0.29, 0.717) is 18.2 Å². The summed E-state index contributed by atoms with van der Waals surface area (Å²) in [6.07, 6.45) is 5.52. The fourth-order valence-electron chi connectivity index (χ4n) is 3.21. The van der Waals surface area contributed by atoms with Gasteiger partial charge in [0.2, 0.25) is 0 Å². The summed E-state index contributed by atoms with van der Waals surface area (Å²) < 4.78 is 5.73. The lowest BCUT2D eigenvalue weighted by molar-refractivity contribution is 0.280. The first-order valence-corrected chi connectivity index (χ1v) is 10.6. The van der Waals surface area contributed by atoms with Crippen molar-refractivity contribution in [2.75, 3.05) is 32.6 Å².